The highest BCUT2D eigenvalue weighted by Crippen LogP contribution is 2.47. The second-order valence-corrected chi connectivity index (χ2v) is 12.9. The molecule has 0 fully saturated rings. The molecule has 5 aromatic rings. The number of rotatable bonds is 2. The van der Waals surface area contributed by atoms with Gasteiger partial charge in [0.05, 0.1) is 5.69 Å². The minimum atomic E-state index is -0.0589. The van der Waals surface area contributed by atoms with Crippen molar-refractivity contribution in [2.75, 3.05) is 4.90 Å². The van der Waals surface area contributed by atoms with Gasteiger partial charge in [0.2, 0.25) is 6.71 Å². The Balaban J connectivity index is 1.40. The van der Waals surface area contributed by atoms with Crippen LogP contribution in [0.2, 0.25) is 0 Å². The molecule has 0 saturated carbocycles. The standard InChI is InChI=1S/C38H32BN/c1-23-12-17-30-32(18-23)39-33-20-26-14-16-28(26)22-36(33)40(34-11-7-10-31(37(34)39)38(30,2)3)35-21-27-15-13-25(27)19-29(35)24-8-5-4-6-9-24/h4-12,17-22H,13-16H2,1-3H3. The number of nitrogens with zero attached hydrogens (tertiary/aromatic N) is 1. The first-order chi connectivity index (χ1) is 19.5. The molecule has 5 aromatic carbocycles. The Morgan fingerprint density at radius 3 is 2.05 bits per heavy atom. The van der Waals surface area contributed by atoms with E-state index in [1.165, 1.54) is 104 Å². The molecule has 0 amide bonds. The summed E-state index contributed by atoms with van der Waals surface area (Å²) < 4.78 is 0. The summed E-state index contributed by atoms with van der Waals surface area (Å²) in [6.07, 6.45) is 4.75. The van der Waals surface area contributed by atoms with Gasteiger partial charge in [-0.2, -0.15) is 0 Å². The third kappa shape index (κ3) is 2.89. The predicted molar refractivity (Wildman–Crippen MR) is 169 cm³/mol. The SMILES string of the molecule is Cc1ccc2c(c1)B1c3cc4c(cc3N(c3cc5c(cc3-c3ccccc3)CC5)c3cccc(c31)C2(C)C)CC4. The van der Waals surface area contributed by atoms with Crippen LogP contribution in [0.5, 0.6) is 0 Å². The fourth-order valence-corrected chi connectivity index (χ4v) is 8.05. The Kier molecular flexibility index (Phi) is 4.43. The van der Waals surface area contributed by atoms with Crippen LogP contribution in [-0.2, 0) is 31.1 Å². The number of anilines is 3. The zero-order chi connectivity index (χ0) is 26.7. The quantitative estimate of drug-likeness (QED) is 0.230. The summed E-state index contributed by atoms with van der Waals surface area (Å²) in [5.41, 5.74) is 21.5. The van der Waals surface area contributed by atoms with Crippen LogP contribution in [0.25, 0.3) is 11.1 Å². The fourth-order valence-electron chi connectivity index (χ4n) is 8.05. The van der Waals surface area contributed by atoms with Gasteiger partial charge in [-0.25, -0.2) is 0 Å². The van der Waals surface area contributed by atoms with E-state index in [-0.39, 0.29) is 12.1 Å². The van der Waals surface area contributed by atoms with Crippen LogP contribution in [0.3, 0.4) is 0 Å². The maximum absolute atomic E-state index is 2.64. The first-order valence-electron chi connectivity index (χ1n) is 14.9. The van der Waals surface area contributed by atoms with Gasteiger partial charge in [0.1, 0.15) is 0 Å². The van der Waals surface area contributed by atoms with E-state index in [1.807, 2.05) is 0 Å². The van der Waals surface area contributed by atoms with Crippen molar-refractivity contribution in [3.8, 4) is 11.1 Å². The molecule has 0 N–H and O–H groups in total. The van der Waals surface area contributed by atoms with Gasteiger partial charge < -0.3 is 4.90 Å². The minimum absolute atomic E-state index is 0.0589. The van der Waals surface area contributed by atoms with Crippen LogP contribution in [0.1, 0.15) is 52.8 Å². The van der Waals surface area contributed by atoms with Crippen LogP contribution >= 0.6 is 0 Å². The van der Waals surface area contributed by atoms with Crippen molar-refractivity contribution in [3.63, 3.8) is 0 Å². The van der Waals surface area contributed by atoms with Crippen molar-refractivity contribution < 1.29 is 0 Å². The molecule has 40 heavy (non-hydrogen) atoms. The third-order valence-corrected chi connectivity index (χ3v) is 10.3. The number of hydrogen-bond donors (Lipinski definition) is 0. The lowest BCUT2D eigenvalue weighted by molar-refractivity contribution is 0.645. The van der Waals surface area contributed by atoms with Crippen LogP contribution < -0.4 is 21.3 Å². The summed E-state index contributed by atoms with van der Waals surface area (Å²) in [5, 5.41) is 0. The maximum Gasteiger partial charge on any atom is 0.247 e. The van der Waals surface area contributed by atoms with Crippen molar-refractivity contribution in [1.29, 1.82) is 0 Å². The van der Waals surface area contributed by atoms with E-state index < -0.39 is 0 Å². The van der Waals surface area contributed by atoms with Crippen LogP contribution in [0.15, 0.2) is 91.0 Å². The molecule has 0 atom stereocenters. The van der Waals surface area contributed by atoms with Crippen molar-refractivity contribution in [2.45, 2.75) is 51.9 Å². The van der Waals surface area contributed by atoms with Gasteiger partial charge in [0.15, 0.2) is 0 Å². The lowest BCUT2D eigenvalue weighted by atomic mass is 9.30. The summed E-state index contributed by atoms with van der Waals surface area (Å²) in [6, 6.07) is 35.4. The van der Waals surface area contributed by atoms with E-state index in [2.05, 4.69) is 117 Å². The van der Waals surface area contributed by atoms with Gasteiger partial charge in [0.25, 0.3) is 0 Å². The first kappa shape index (κ1) is 22.7. The molecule has 192 valence electrons. The molecule has 4 aliphatic rings. The maximum atomic E-state index is 2.64. The molecule has 0 unspecified atom stereocenters. The van der Waals surface area contributed by atoms with Gasteiger partial charge in [0, 0.05) is 22.4 Å². The highest BCUT2D eigenvalue weighted by Gasteiger charge is 2.46. The molecule has 2 heteroatoms. The van der Waals surface area contributed by atoms with Crippen LogP contribution in [0.4, 0.5) is 17.1 Å². The van der Waals surface area contributed by atoms with Crippen molar-refractivity contribution >= 4 is 40.2 Å². The average Bonchev–Trinajstić information content (AvgIpc) is 2.93. The monoisotopic (exact) mass is 513 g/mol. The Morgan fingerprint density at radius 1 is 0.600 bits per heavy atom. The van der Waals surface area contributed by atoms with Crippen molar-refractivity contribution in [2.24, 2.45) is 0 Å². The Morgan fingerprint density at radius 2 is 1.30 bits per heavy atom. The van der Waals surface area contributed by atoms with E-state index in [0.717, 1.165) is 0 Å². The lowest BCUT2D eigenvalue weighted by Gasteiger charge is -2.46. The summed E-state index contributed by atoms with van der Waals surface area (Å²) in [4.78, 5) is 2.64. The Bertz CT molecular complexity index is 1900. The number of hydrogen-bond acceptors (Lipinski definition) is 1. The molecule has 0 radical (unpaired) electrons. The molecule has 0 spiro atoms. The molecule has 2 aliphatic heterocycles. The van der Waals surface area contributed by atoms with Gasteiger partial charge in [-0.1, -0.05) is 91.6 Å². The number of benzene rings is 5. The van der Waals surface area contributed by atoms with E-state index in [9.17, 15) is 0 Å². The zero-order valence-electron chi connectivity index (χ0n) is 23.5. The second kappa shape index (κ2) is 7.79. The van der Waals surface area contributed by atoms with Gasteiger partial charge in [-0.15, -0.1) is 0 Å². The highest BCUT2D eigenvalue weighted by molar-refractivity contribution is 6.99. The van der Waals surface area contributed by atoms with Crippen molar-refractivity contribution in [1.82, 2.24) is 0 Å². The van der Waals surface area contributed by atoms with Crippen LogP contribution in [0, 0.1) is 6.92 Å². The fraction of sp³-hybridized carbons (Fsp3) is 0.211. The van der Waals surface area contributed by atoms with Gasteiger partial charge in [-0.05, 0) is 107 Å². The summed E-state index contributed by atoms with van der Waals surface area (Å²) in [7, 11) is 0. The molecule has 0 saturated heterocycles. The van der Waals surface area contributed by atoms with Crippen LogP contribution in [-0.4, -0.2) is 6.71 Å². The largest absolute Gasteiger partial charge is 0.311 e. The first-order valence-corrected chi connectivity index (χ1v) is 14.9. The summed E-state index contributed by atoms with van der Waals surface area (Å²) >= 11 is 0. The molecule has 1 nitrogen and oxygen atoms in total. The van der Waals surface area contributed by atoms with E-state index in [1.54, 1.807) is 5.56 Å². The topological polar surface area (TPSA) is 3.24 Å². The summed E-state index contributed by atoms with van der Waals surface area (Å²) in [6.45, 7) is 7.35. The zero-order valence-corrected chi connectivity index (χ0v) is 23.5. The van der Waals surface area contributed by atoms with E-state index >= 15 is 0 Å². The molecule has 9 rings (SSSR count). The van der Waals surface area contributed by atoms with Crippen molar-refractivity contribution in [3.05, 3.63) is 130 Å². The number of aryl methyl sites for hydroxylation is 5. The molecule has 2 aliphatic carbocycles. The third-order valence-electron chi connectivity index (χ3n) is 10.3. The summed E-state index contributed by atoms with van der Waals surface area (Å²) in [5.74, 6) is 0. The smallest absolute Gasteiger partial charge is 0.247 e. The average molecular weight is 513 g/mol. The lowest BCUT2D eigenvalue weighted by Crippen LogP contribution is -2.64. The second-order valence-electron chi connectivity index (χ2n) is 12.9. The molecule has 2 heterocycles. The predicted octanol–water partition coefficient (Wildman–Crippen LogP) is 6.80. The van der Waals surface area contributed by atoms with E-state index in [4.69, 9.17) is 0 Å². The molecular formula is C38H32BN. The number of fused-ring (bicyclic) bond motifs is 6. The normalized spacial score (nSPS) is 16.6. The highest BCUT2D eigenvalue weighted by atomic mass is 15.2. The Hall–Kier alpha value is -4.04. The molecular weight excluding hydrogens is 481 g/mol. The van der Waals surface area contributed by atoms with E-state index in [0.29, 0.717) is 0 Å². The molecule has 0 bridgehead atoms. The van der Waals surface area contributed by atoms with Gasteiger partial charge >= 0.3 is 0 Å². The Labute approximate surface area is 237 Å². The van der Waals surface area contributed by atoms with Gasteiger partial charge in [-0.3, -0.25) is 0 Å². The molecule has 0 aromatic heterocycles. The minimum Gasteiger partial charge on any atom is -0.311 e.